The van der Waals surface area contributed by atoms with Gasteiger partial charge in [-0.15, -0.1) is 0 Å². The first kappa shape index (κ1) is 25.3. The molecule has 182 valence electrons. The molecule has 7 heteroatoms. The maximum absolute atomic E-state index is 14.4. The van der Waals surface area contributed by atoms with E-state index < -0.39 is 23.5 Å². The van der Waals surface area contributed by atoms with Gasteiger partial charge in [0.2, 0.25) is 5.91 Å². The number of amides is 1. The van der Waals surface area contributed by atoms with E-state index in [4.69, 9.17) is 4.74 Å². The molecular weight excluding hydrogens is 429 g/mol. The highest BCUT2D eigenvalue weighted by atomic mass is 19.4. The van der Waals surface area contributed by atoms with Crippen LogP contribution in [0.15, 0.2) is 36.4 Å². The Morgan fingerprint density at radius 3 is 2.33 bits per heavy atom. The molecule has 1 aliphatic rings. The standard InChI is InChI=1S/C26H35F3N2O2/c1-4-5-6-7-8-9-12-17-33-22-20-14-11-10-13-19(20)15-16-21(22)23(26(27,28)29)31-18-25(2,3)24(32)30-31/h10-11,13-16,23H,4-9,12,17-18H2,1-3H3,(H,30,32). The van der Waals surface area contributed by atoms with E-state index >= 15 is 0 Å². The van der Waals surface area contributed by atoms with Gasteiger partial charge in [0.25, 0.3) is 0 Å². The molecule has 1 aliphatic heterocycles. The molecule has 0 spiro atoms. The Morgan fingerprint density at radius 1 is 1.03 bits per heavy atom. The van der Waals surface area contributed by atoms with Crippen molar-refractivity contribution in [2.75, 3.05) is 13.2 Å². The van der Waals surface area contributed by atoms with Crippen molar-refractivity contribution >= 4 is 16.7 Å². The zero-order valence-electron chi connectivity index (χ0n) is 19.8. The quantitative estimate of drug-likeness (QED) is 0.366. The van der Waals surface area contributed by atoms with Crippen LogP contribution in [-0.2, 0) is 4.79 Å². The fraction of sp³-hybridized carbons (Fsp3) is 0.577. The van der Waals surface area contributed by atoms with Gasteiger partial charge in [0.05, 0.1) is 12.0 Å². The molecular formula is C26H35F3N2O2. The summed E-state index contributed by atoms with van der Waals surface area (Å²) < 4.78 is 49.1. The van der Waals surface area contributed by atoms with Gasteiger partial charge in [-0.05, 0) is 25.7 Å². The summed E-state index contributed by atoms with van der Waals surface area (Å²) >= 11 is 0. The molecule has 0 radical (unpaired) electrons. The van der Waals surface area contributed by atoms with E-state index in [0.29, 0.717) is 12.0 Å². The lowest BCUT2D eigenvalue weighted by Crippen LogP contribution is -2.43. The normalized spacial score (nSPS) is 17.3. The minimum absolute atomic E-state index is 0.0298. The summed E-state index contributed by atoms with van der Waals surface area (Å²) in [5, 5.41) is 2.48. The Kier molecular flexibility index (Phi) is 8.27. The molecule has 4 nitrogen and oxygen atoms in total. The van der Waals surface area contributed by atoms with Crippen molar-refractivity contribution in [2.24, 2.45) is 5.41 Å². The Balaban J connectivity index is 1.85. The minimum atomic E-state index is -4.59. The summed E-state index contributed by atoms with van der Waals surface area (Å²) in [5.74, 6) is -0.163. The van der Waals surface area contributed by atoms with Crippen LogP contribution >= 0.6 is 0 Å². The second-order valence-electron chi connectivity index (χ2n) is 9.57. The molecule has 1 atom stereocenters. The van der Waals surface area contributed by atoms with E-state index in [2.05, 4.69) is 12.3 Å². The van der Waals surface area contributed by atoms with E-state index in [1.165, 1.54) is 31.7 Å². The number of rotatable bonds is 11. The predicted molar refractivity (Wildman–Crippen MR) is 125 cm³/mol. The summed E-state index contributed by atoms with van der Waals surface area (Å²) in [6.07, 6.45) is 3.12. The van der Waals surface area contributed by atoms with Crippen molar-refractivity contribution in [3.8, 4) is 5.75 Å². The van der Waals surface area contributed by atoms with Crippen molar-refractivity contribution in [3.63, 3.8) is 0 Å². The third-order valence-corrected chi connectivity index (χ3v) is 6.25. The van der Waals surface area contributed by atoms with Crippen LogP contribution in [0.1, 0.15) is 77.3 Å². The number of nitrogens with zero attached hydrogens (tertiary/aromatic N) is 1. The minimum Gasteiger partial charge on any atom is -0.493 e. The lowest BCUT2D eigenvalue weighted by atomic mass is 9.93. The second-order valence-corrected chi connectivity index (χ2v) is 9.57. The highest BCUT2D eigenvalue weighted by Gasteiger charge is 2.52. The van der Waals surface area contributed by atoms with Crippen molar-refractivity contribution in [2.45, 2.75) is 77.9 Å². The van der Waals surface area contributed by atoms with Crippen molar-refractivity contribution in [3.05, 3.63) is 42.0 Å². The first-order valence-corrected chi connectivity index (χ1v) is 11.9. The number of nitrogens with one attached hydrogen (secondary N) is 1. The van der Waals surface area contributed by atoms with Crippen LogP contribution in [0.2, 0.25) is 0 Å². The summed E-state index contributed by atoms with van der Waals surface area (Å²) in [6.45, 7) is 5.79. The molecule has 0 saturated carbocycles. The van der Waals surface area contributed by atoms with Crippen LogP contribution in [0.25, 0.3) is 10.8 Å². The molecule has 0 aromatic heterocycles. The van der Waals surface area contributed by atoms with Crippen LogP contribution in [0.5, 0.6) is 5.75 Å². The van der Waals surface area contributed by atoms with E-state index in [1.807, 2.05) is 12.1 Å². The third-order valence-electron chi connectivity index (χ3n) is 6.25. The Hall–Kier alpha value is -2.28. The highest BCUT2D eigenvalue weighted by Crippen LogP contribution is 2.45. The van der Waals surface area contributed by atoms with Gasteiger partial charge >= 0.3 is 6.18 Å². The van der Waals surface area contributed by atoms with Crippen LogP contribution in [0.4, 0.5) is 13.2 Å². The molecule has 1 amide bonds. The first-order valence-electron chi connectivity index (χ1n) is 11.9. The summed E-state index contributed by atoms with van der Waals surface area (Å²) in [5.41, 5.74) is 1.57. The largest absolute Gasteiger partial charge is 0.493 e. The van der Waals surface area contributed by atoms with E-state index in [9.17, 15) is 18.0 Å². The number of fused-ring (bicyclic) bond motifs is 1. The number of benzene rings is 2. The average Bonchev–Trinajstić information content (AvgIpc) is 3.01. The van der Waals surface area contributed by atoms with Gasteiger partial charge in [0.1, 0.15) is 5.75 Å². The molecule has 1 unspecified atom stereocenters. The van der Waals surface area contributed by atoms with Gasteiger partial charge < -0.3 is 4.74 Å². The topological polar surface area (TPSA) is 41.6 Å². The number of ether oxygens (including phenoxy) is 1. The van der Waals surface area contributed by atoms with Crippen LogP contribution in [-0.4, -0.2) is 30.2 Å². The van der Waals surface area contributed by atoms with Crippen molar-refractivity contribution in [1.29, 1.82) is 0 Å². The maximum Gasteiger partial charge on any atom is 0.410 e. The number of carbonyl (C=O) groups excluding carboxylic acids is 1. The SMILES string of the molecule is CCCCCCCCCOc1c(C(N2CC(C)(C)C(=O)N2)C(F)(F)F)ccc2ccccc12. The fourth-order valence-corrected chi connectivity index (χ4v) is 4.37. The molecule has 0 aliphatic carbocycles. The Morgan fingerprint density at radius 2 is 1.70 bits per heavy atom. The van der Waals surface area contributed by atoms with Gasteiger partial charge in [-0.25, -0.2) is 5.01 Å². The van der Waals surface area contributed by atoms with Crippen molar-refractivity contribution in [1.82, 2.24) is 10.4 Å². The molecule has 1 heterocycles. The predicted octanol–water partition coefficient (Wildman–Crippen LogP) is 6.95. The summed E-state index contributed by atoms with van der Waals surface area (Å²) in [4.78, 5) is 12.3. The number of unbranched alkanes of at least 4 members (excludes halogenated alkanes) is 6. The van der Waals surface area contributed by atoms with Crippen LogP contribution in [0, 0.1) is 5.41 Å². The summed E-state index contributed by atoms with van der Waals surface area (Å²) in [7, 11) is 0. The number of hydrogen-bond acceptors (Lipinski definition) is 3. The van der Waals surface area contributed by atoms with Crippen molar-refractivity contribution < 1.29 is 22.7 Å². The molecule has 3 rings (SSSR count). The molecule has 33 heavy (non-hydrogen) atoms. The number of hydrazine groups is 1. The van der Waals surface area contributed by atoms with Gasteiger partial charge in [-0.3, -0.25) is 10.2 Å². The lowest BCUT2D eigenvalue weighted by Gasteiger charge is -2.31. The number of hydrogen-bond donors (Lipinski definition) is 1. The Bertz CT molecular complexity index is 943. The van der Waals surface area contributed by atoms with E-state index in [0.717, 1.165) is 29.7 Å². The highest BCUT2D eigenvalue weighted by molar-refractivity contribution is 5.90. The average molecular weight is 465 g/mol. The monoisotopic (exact) mass is 464 g/mol. The summed E-state index contributed by atoms with van der Waals surface area (Å²) in [6, 6.07) is 8.49. The van der Waals surface area contributed by atoms with Gasteiger partial charge in [-0.1, -0.05) is 81.8 Å². The lowest BCUT2D eigenvalue weighted by molar-refractivity contribution is -0.192. The molecule has 1 fully saturated rings. The van der Waals surface area contributed by atoms with E-state index in [-0.39, 0.29) is 17.9 Å². The molecule has 2 aromatic rings. The van der Waals surface area contributed by atoms with Crippen LogP contribution < -0.4 is 10.2 Å². The molecule has 1 saturated heterocycles. The number of alkyl halides is 3. The Labute approximate surface area is 194 Å². The van der Waals surface area contributed by atoms with Gasteiger partial charge in [0, 0.05) is 17.5 Å². The molecule has 2 aromatic carbocycles. The zero-order chi connectivity index (χ0) is 24.1. The maximum atomic E-state index is 14.4. The smallest absolute Gasteiger partial charge is 0.410 e. The first-order chi connectivity index (χ1) is 15.6. The van der Waals surface area contributed by atoms with Crippen LogP contribution in [0.3, 0.4) is 0 Å². The molecule has 0 bridgehead atoms. The fourth-order valence-electron chi connectivity index (χ4n) is 4.37. The van der Waals surface area contributed by atoms with E-state index in [1.54, 1.807) is 32.0 Å². The zero-order valence-corrected chi connectivity index (χ0v) is 19.8. The third kappa shape index (κ3) is 6.19. The number of halogens is 3. The second kappa shape index (κ2) is 10.8. The number of carbonyl (C=O) groups is 1. The van der Waals surface area contributed by atoms with Gasteiger partial charge in [-0.2, -0.15) is 13.2 Å². The molecule has 1 N–H and O–H groups in total. The van der Waals surface area contributed by atoms with Gasteiger partial charge in [0.15, 0.2) is 6.04 Å².